The van der Waals surface area contributed by atoms with Crippen LogP contribution in [0.1, 0.15) is 28.8 Å². The molecule has 0 spiro atoms. The number of esters is 1. The van der Waals surface area contributed by atoms with Crippen LogP contribution in [-0.2, 0) is 25.3 Å². The molecule has 8 heteroatoms. The second kappa shape index (κ2) is 9.19. The summed E-state index contributed by atoms with van der Waals surface area (Å²) in [5, 5.41) is 2.80. The quantitative estimate of drug-likeness (QED) is 0.731. The molecule has 0 bridgehead atoms. The minimum atomic E-state index is -3.49. The lowest BCUT2D eigenvalue weighted by molar-refractivity contribution is -0.120. The summed E-state index contributed by atoms with van der Waals surface area (Å²) < 4.78 is 31.6. The van der Waals surface area contributed by atoms with Crippen LogP contribution in [0.4, 0.5) is 5.69 Å². The molecular formula is C21H24N2O5S. The van der Waals surface area contributed by atoms with Gasteiger partial charge in [-0.05, 0) is 42.7 Å². The number of nitrogens with zero attached hydrogens (tertiary/aromatic N) is 1. The van der Waals surface area contributed by atoms with Gasteiger partial charge in [0, 0.05) is 18.8 Å². The molecule has 0 aromatic heterocycles. The van der Waals surface area contributed by atoms with E-state index >= 15 is 0 Å². The first-order chi connectivity index (χ1) is 13.9. The molecule has 0 saturated carbocycles. The van der Waals surface area contributed by atoms with E-state index in [4.69, 9.17) is 0 Å². The predicted molar refractivity (Wildman–Crippen MR) is 110 cm³/mol. The van der Waals surface area contributed by atoms with E-state index in [-0.39, 0.29) is 18.2 Å². The van der Waals surface area contributed by atoms with Gasteiger partial charge >= 0.3 is 5.97 Å². The van der Waals surface area contributed by atoms with Crippen molar-refractivity contribution in [3.63, 3.8) is 0 Å². The summed E-state index contributed by atoms with van der Waals surface area (Å²) in [6.45, 7) is 0.591. The SMILES string of the molecule is COC(=O)c1ccc(NC(=O)C2CCCN(S(=O)(=O)Cc3ccccc3)C2)cc1. The Morgan fingerprint density at radius 1 is 1.10 bits per heavy atom. The second-order valence-corrected chi connectivity index (χ2v) is 8.97. The van der Waals surface area contributed by atoms with Crippen molar-refractivity contribution >= 4 is 27.6 Å². The Balaban J connectivity index is 1.62. The number of nitrogens with one attached hydrogen (secondary N) is 1. The number of benzene rings is 2. The third-order valence-electron chi connectivity index (χ3n) is 4.91. The van der Waals surface area contributed by atoms with E-state index in [9.17, 15) is 18.0 Å². The number of hydrogen-bond acceptors (Lipinski definition) is 5. The summed E-state index contributed by atoms with van der Waals surface area (Å²) >= 11 is 0. The molecule has 7 nitrogen and oxygen atoms in total. The van der Waals surface area contributed by atoms with Crippen LogP contribution in [0.15, 0.2) is 54.6 Å². The van der Waals surface area contributed by atoms with Crippen LogP contribution in [-0.4, -0.2) is 44.8 Å². The average molecular weight is 416 g/mol. The Kier molecular flexibility index (Phi) is 6.66. The highest BCUT2D eigenvalue weighted by molar-refractivity contribution is 7.88. The number of piperidine rings is 1. The van der Waals surface area contributed by atoms with Crippen molar-refractivity contribution in [2.45, 2.75) is 18.6 Å². The Labute approximate surface area is 170 Å². The standard InChI is InChI=1S/C21H24N2O5S/c1-28-21(25)17-9-11-19(12-10-17)22-20(24)18-8-5-13-23(14-18)29(26,27)15-16-6-3-2-4-7-16/h2-4,6-7,9-12,18H,5,8,13-15H2,1H3,(H,22,24). The maximum absolute atomic E-state index is 12.8. The maximum Gasteiger partial charge on any atom is 0.337 e. The average Bonchev–Trinajstić information content (AvgIpc) is 2.74. The molecule has 1 aliphatic rings. The molecule has 154 valence electrons. The van der Waals surface area contributed by atoms with Gasteiger partial charge in [0.2, 0.25) is 15.9 Å². The van der Waals surface area contributed by atoms with Gasteiger partial charge in [-0.25, -0.2) is 17.5 Å². The lowest BCUT2D eigenvalue weighted by atomic mass is 9.98. The fourth-order valence-corrected chi connectivity index (χ4v) is 4.95. The third kappa shape index (κ3) is 5.42. The van der Waals surface area contributed by atoms with E-state index in [1.807, 2.05) is 18.2 Å². The molecule has 0 radical (unpaired) electrons. The number of methoxy groups -OCH3 is 1. The van der Waals surface area contributed by atoms with E-state index < -0.39 is 21.9 Å². The molecule has 1 aliphatic heterocycles. The van der Waals surface area contributed by atoms with Crippen molar-refractivity contribution in [3.05, 3.63) is 65.7 Å². The van der Waals surface area contributed by atoms with Gasteiger partial charge in [0.1, 0.15) is 0 Å². The van der Waals surface area contributed by atoms with Crippen LogP contribution in [0.25, 0.3) is 0 Å². The lowest BCUT2D eigenvalue weighted by Gasteiger charge is -2.31. The molecule has 0 aliphatic carbocycles. The number of carbonyl (C=O) groups excluding carboxylic acids is 2. The van der Waals surface area contributed by atoms with E-state index in [1.165, 1.54) is 11.4 Å². The molecule has 1 N–H and O–H groups in total. The van der Waals surface area contributed by atoms with Gasteiger partial charge in [0.25, 0.3) is 0 Å². The minimum Gasteiger partial charge on any atom is -0.465 e. The zero-order chi connectivity index (χ0) is 20.9. The fraction of sp³-hybridized carbons (Fsp3) is 0.333. The van der Waals surface area contributed by atoms with Gasteiger partial charge in [0.15, 0.2) is 0 Å². The summed E-state index contributed by atoms with van der Waals surface area (Å²) in [4.78, 5) is 24.1. The molecule has 1 unspecified atom stereocenters. The highest BCUT2D eigenvalue weighted by Gasteiger charge is 2.32. The first-order valence-corrected chi connectivity index (χ1v) is 11.0. The number of ether oxygens (including phenoxy) is 1. The normalized spacial score (nSPS) is 17.5. The number of anilines is 1. The van der Waals surface area contributed by atoms with Crippen LogP contribution in [0.5, 0.6) is 0 Å². The van der Waals surface area contributed by atoms with Crippen molar-refractivity contribution in [1.29, 1.82) is 0 Å². The minimum absolute atomic E-state index is 0.0723. The zero-order valence-corrected chi connectivity index (χ0v) is 17.0. The summed E-state index contributed by atoms with van der Waals surface area (Å²) in [5.74, 6) is -1.17. The predicted octanol–water partition coefficient (Wildman–Crippen LogP) is 2.65. The van der Waals surface area contributed by atoms with Crippen LogP contribution >= 0.6 is 0 Å². The first-order valence-electron chi connectivity index (χ1n) is 9.40. The molecule has 1 saturated heterocycles. The molecule has 1 heterocycles. The van der Waals surface area contributed by atoms with Crippen LogP contribution in [0.3, 0.4) is 0 Å². The van der Waals surface area contributed by atoms with Crippen LogP contribution in [0.2, 0.25) is 0 Å². The smallest absolute Gasteiger partial charge is 0.337 e. The van der Waals surface area contributed by atoms with Crippen molar-refractivity contribution in [1.82, 2.24) is 4.31 Å². The topological polar surface area (TPSA) is 92.8 Å². The zero-order valence-electron chi connectivity index (χ0n) is 16.2. The first kappa shape index (κ1) is 21.0. The largest absolute Gasteiger partial charge is 0.465 e. The van der Waals surface area contributed by atoms with Crippen LogP contribution in [0, 0.1) is 5.92 Å². The number of hydrogen-bond donors (Lipinski definition) is 1. The Bertz CT molecular complexity index is 958. The number of amides is 1. The molecule has 2 aromatic rings. The highest BCUT2D eigenvalue weighted by atomic mass is 32.2. The molecule has 3 rings (SSSR count). The monoisotopic (exact) mass is 416 g/mol. The van der Waals surface area contributed by atoms with Crippen molar-refractivity contribution in [2.75, 3.05) is 25.5 Å². The van der Waals surface area contributed by atoms with Crippen molar-refractivity contribution in [3.8, 4) is 0 Å². The molecule has 1 atom stereocenters. The van der Waals surface area contributed by atoms with Gasteiger partial charge in [-0.15, -0.1) is 0 Å². The summed E-state index contributed by atoms with van der Waals surface area (Å²) in [7, 11) is -2.19. The summed E-state index contributed by atoms with van der Waals surface area (Å²) in [6.07, 6.45) is 1.26. The Hall–Kier alpha value is -2.71. The maximum atomic E-state index is 12.8. The lowest BCUT2D eigenvalue weighted by Crippen LogP contribution is -2.44. The number of rotatable bonds is 6. The Morgan fingerprint density at radius 2 is 1.79 bits per heavy atom. The molecule has 29 heavy (non-hydrogen) atoms. The second-order valence-electron chi connectivity index (χ2n) is 7.00. The van der Waals surface area contributed by atoms with Crippen LogP contribution < -0.4 is 5.32 Å². The van der Waals surface area contributed by atoms with E-state index in [0.717, 1.165) is 5.56 Å². The summed E-state index contributed by atoms with van der Waals surface area (Å²) in [6, 6.07) is 15.4. The van der Waals surface area contributed by atoms with Crippen molar-refractivity contribution in [2.24, 2.45) is 5.92 Å². The molecular weight excluding hydrogens is 392 g/mol. The van der Waals surface area contributed by atoms with Gasteiger partial charge in [-0.1, -0.05) is 30.3 Å². The molecule has 2 aromatic carbocycles. The summed E-state index contributed by atoms with van der Waals surface area (Å²) in [5.41, 5.74) is 1.66. The van der Waals surface area contributed by atoms with Gasteiger partial charge in [-0.2, -0.15) is 0 Å². The van der Waals surface area contributed by atoms with Gasteiger partial charge in [0.05, 0.1) is 24.3 Å². The molecule has 1 amide bonds. The van der Waals surface area contributed by atoms with Crippen molar-refractivity contribution < 1.29 is 22.7 Å². The Morgan fingerprint density at radius 3 is 2.45 bits per heavy atom. The molecule has 1 fully saturated rings. The van der Waals surface area contributed by atoms with E-state index in [2.05, 4.69) is 10.1 Å². The highest BCUT2D eigenvalue weighted by Crippen LogP contribution is 2.23. The number of sulfonamides is 1. The van der Waals surface area contributed by atoms with Gasteiger partial charge in [-0.3, -0.25) is 4.79 Å². The fourth-order valence-electron chi connectivity index (χ4n) is 3.34. The number of carbonyl (C=O) groups is 2. The van der Waals surface area contributed by atoms with Gasteiger partial charge < -0.3 is 10.1 Å². The van der Waals surface area contributed by atoms with E-state index in [1.54, 1.807) is 36.4 Å². The third-order valence-corrected chi connectivity index (χ3v) is 6.73. The van der Waals surface area contributed by atoms with E-state index in [0.29, 0.717) is 30.6 Å².